The minimum atomic E-state index is -3.33. The number of hydrogen-bond donors (Lipinski definition) is 0. The van der Waals surface area contributed by atoms with Crippen molar-refractivity contribution in [2.24, 2.45) is 0 Å². The number of carbonyl (C=O) groups excluding carboxylic acids is 1. The maximum absolute atomic E-state index is 12.3. The van der Waals surface area contributed by atoms with Gasteiger partial charge in [-0.25, -0.2) is 13.6 Å². The summed E-state index contributed by atoms with van der Waals surface area (Å²) in [5.74, 6) is -1.14. The molecule has 0 bridgehead atoms. The molecule has 0 aliphatic rings. The zero-order valence-corrected chi connectivity index (χ0v) is 6.86. The van der Waals surface area contributed by atoms with Crippen LogP contribution in [0.25, 0.3) is 0 Å². The summed E-state index contributed by atoms with van der Waals surface area (Å²) in [4.78, 5) is 14.5. The van der Waals surface area contributed by atoms with Gasteiger partial charge in [-0.2, -0.15) is 4.39 Å². The summed E-state index contributed by atoms with van der Waals surface area (Å²) in [6, 6.07) is 2.47. The Bertz CT molecular complexity index is 305. The fraction of sp³-hybridized carbons (Fsp3) is 0.250. The number of esters is 1. The van der Waals surface area contributed by atoms with E-state index in [2.05, 4.69) is 9.72 Å². The lowest BCUT2D eigenvalue weighted by Crippen LogP contribution is -2.20. The highest BCUT2D eigenvalue weighted by atomic mass is 19.3. The third-order valence-corrected chi connectivity index (χ3v) is 1.33. The lowest BCUT2D eigenvalue weighted by atomic mass is 10.3. The molecule has 1 aromatic heterocycles. The van der Waals surface area contributed by atoms with Crippen molar-refractivity contribution in [3.05, 3.63) is 30.1 Å². The monoisotopic (exact) mass is 205 g/mol. The highest BCUT2D eigenvalue weighted by Gasteiger charge is 2.23. The molecule has 0 aromatic carbocycles. The van der Waals surface area contributed by atoms with Crippen LogP contribution in [-0.2, 0) is 4.74 Å². The normalized spacial score (nSPS) is 12.6. The summed E-state index contributed by atoms with van der Waals surface area (Å²) in [7, 11) is 0. The SMILES string of the molecule is O=C(OC(F)C(F)F)c1ccncc1. The fourth-order valence-corrected chi connectivity index (χ4v) is 0.710. The van der Waals surface area contributed by atoms with E-state index in [1.165, 1.54) is 24.5 Å². The number of aromatic nitrogens is 1. The standard InChI is InChI=1S/C8H6F3NO2/c9-6(10)7(11)14-8(13)5-1-3-12-4-2-5/h1-4,6-7H. The van der Waals surface area contributed by atoms with Crippen LogP contribution in [0.2, 0.25) is 0 Å². The van der Waals surface area contributed by atoms with Gasteiger partial charge in [0.2, 0.25) is 0 Å². The fourth-order valence-electron chi connectivity index (χ4n) is 0.710. The van der Waals surface area contributed by atoms with Crippen molar-refractivity contribution in [3.63, 3.8) is 0 Å². The maximum atomic E-state index is 12.3. The largest absolute Gasteiger partial charge is 0.421 e. The Morgan fingerprint density at radius 2 is 1.86 bits per heavy atom. The van der Waals surface area contributed by atoms with Gasteiger partial charge in [0, 0.05) is 12.4 Å². The van der Waals surface area contributed by atoms with Gasteiger partial charge in [-0.05, 0) is 12.1 Å². The molecule has 0 aliphatic heterocycles. The minimum absolute atomic E-state index is 0.0247. The van der Waals surface area contributed by atoms with Crippen LogP contribution in [0.4, 0.5) is 13.2 Å². The van der Waals surface area contributed by atoms with Crippen molar-refractivity contribution in [1.29, 1.82) is 0 Å². The molecule has 0 aliphatic carbocycles. The molecule has 14 heavy (non-hydrogen) atoms. The molecule has 0 spiro atoms. The van der Waals surface area contributed by atoms with Gasteiger partial charge < -0.3 is 4.74 Å². The summed E-state index contributed by atoms with van der Waals surface area (Å²) in [6.07, 6.45) is -3.69. The van der Waals surface area contributed by atoms with E-state index in [1.54, 1.807) is 0 Å². The van der Waals surface area contributed by atoms with Crippen molar-refractivity contribution in [1.82, 2.24) is 4.98 Å². The van der Waals surface area contributed by atoms with Crippen molar-refractivity contribution in [3.8, 4) is 0 Å². The first kappa shape index (κ1) is 10.5. The van der Waals surface area contributed by atoms with Gasteiger partial charge in [0.25, 0.3) is 0 Å². The van der Waals surface area contributed by atoms with Gasteiger partial charge in [-0.1, -0.05) is 0 Å². The van der Waals surface area contributed by atoms with Crippen molar-refractivity contribution >= 4 is 5.97 Å². The van der Waals surface area contributed by atoms with E-state index >= 15 is 0 Å². The molecule has 0 amide bonds. The number of halogens is 3. The molecule has 1 heterocycles. The number of pyridine rings is 1. The summed E-state index contributed by atoms with van der Waals surface area (Å²) in [5, 5.41) is 0. The second kappa shape index (κ2) is 4.59. The lowest BCUT2D eigenvalue weighted by molar-refractivity contribution is -0.0971. The first-order valence-corrected chi connectivity index (χ1v) is 3.64. The average molecular weight is 205 g/mol. The van der Waals surface area contributed by atoms with Crippen molar-refractivity contribution in [2.45, 2.75) is 12.8 Å². The Morgan fingerprint density at radius 3 is 2.36 bits per heavy atom. The molecule has 0 radical (unpaired) electrons. The summed E-state index contributed by atoms with van der Waals surface area (Å²) in [6.45, 7) is 0. The molecule has 0 fully saturated rings. The molecule has 76 valence electrons. The van der Waals surface area contributed by atoms with Crippen LogP contribution >= 0.6 is 0 Å². The molecule has 1 aromatic rings. The molecular formula is C8H6F3NO2. The third-order valence-electron chi connectivity index (χ3n) is 1.33. The molecule has 0 N–H and O–H groups in total. The quantitative estimate of drug-likeness (QED) is 0.706. The van der Waals surface area contributed by atoms with Gasteiger partial charge in [-0.3, -0.25) is 4.98 Å². The Morgan fingerprint density at radius 1 is 1.29 bits per heavy atom. The van der Waals surface area contributed by atoms with Crippen LogP contribution in [0.5, 0.6) is 0 Å². The smallest absolute Gasteiger partial charge is 0.340 e. The van der Waals surface area contributed by atoms with E-state index < -0.39 is 18.8 Å². The van der Waals surface area contributed by atoms with Crippen LogP contribution in [0.15, 0.2) is 24.5 Å². The molecule has 1 atom stereocenters. The van der Waals surface area contributed by atoms with E-state index in [1.807, 2.05) is 0 Å². The van der Waals surface area contributed by atoms with Gasteiger partial charge in [0.05, 0.1) is 5.56 Å². The van der Waals surface area contributed by atoms with Crippen molar-refractivity contribution in [2.75, 3.05) is 0 Å². The first-order valence-electron chi connectivity index (χ1n) is 3.64. The van der Waals surface area contributed by atoms with Crippen LogP contribution < -0.4 is 0 Å². The molecule has 0 saturated carbocycles. The van der Waals surface area contributed by atoms with Crippen LogP contribution in [0.3, 0.4) is 0 Å². The van der Waals surface area contributed by atoms with Crippen molar-refractivity contribution < 1.29 is 22.7 Å². The van der Waals surface area contributed by atoms with E-state index in [9.17, 15) is 18.0 Å². The van der Waals surface area contributed by atoms with Gasteiger partial charge in [-0.15, -0.1) is 0 Å². The average Bonchev–Trinajstić information content (AvgIpc) is 2.19. The number of alkyl halides is 3. The number of hydrogen-bond acceptors (Lipinski definition) is 3. The second-order valence-corrected chi connectivity index (χ2v) is 2.33. The van der Waals surface area contributed by atoms with Gasteiger partial charge in [0.1, 0.15) is 0 Å². The zero-order chi connectivity index (χ0) is 10.6. The Hall–Kier alpha value is -1.59. The van der Waals surface area contributed by atoms with Crippen LogP contribution in [-0.4, -0.2) is 23.7 Å². The topological polar surface area (TPSA) is 39.2 Å². The molecule has 6 heteroatoms. The van der Waals surface area contributed by atoms with Gasteiger partial charge in [0.15, 0.2) is 0 Å². The summed E-state index contributed by atoms with van der Waals surface area (Å²) >= 11 is 0. The Balaban J connectivity index is 2.60. The predicted octanol–water partition coefficient (Wildman–Crippen LogP) is 1.80. The second-order valence-electron chi connectivity index (χ2n) is 2.33. The summed E-state index contributed by atoms with van der Waals surface area (Å²) in [5.41, 5.74) is -0.0247. The summed E-state index contributed by atoms with van der Waals surface area (Å²) < 4.78 is 39.3. The highest BCUT2D eigenvalue weighted by molar-refractivity contribution is 5.89. The minimum Gasteiger partial charge on any atom is -0.421 e. The van der Waals surface area contributed by atoms with Crippen LogP contribution in [0, 0.1) is 0 Å². The van der Waals surface area contributed by atoms with E-state index in [4.69, 9.17) is 0 Å². The predicted molar refractivity (Wildman–Crippen MR) is 40.6 cm³/mol. The number of ether oxygens (including phenoxy) is 1. The molecule has 1 rings (SSSR count). The number of carbonyl (C=O) groups is 1. The van der Waals surface area contributed by atoms with Crippen LogP contribution in [0.1, 0.15) is 10.4 Å². The van der Waals surface area contributed by atoms with E-state index in [-0.39, 0.29) is 5.56 Å². The van der Waals surface area contributed by atoms with E-state index in [0.29, 0.717) is 0 Å². The van der Waals surface area contributed by atoms with Gasteiger partial charge >= 0.3 is 18.8 Å². The lowest BCUT2D eigenvalue weighted by Gasteiger charge is -2.08. The molecule has 1 unspecified atom stereocenters. The Kier molecular flexibility index (Phi) is 3.44. The Labute approximate surface area is 77.5 Å². The molecular weight excluding hydrogens is 199 g/mol. The zero-order valence-electron chi connectivity index (χ0n) is 6.86. The highest BCUT2D eigenvalue weighted by Crippen LogP contribution is 2.10. The molecule has 3 nitrogen and oxygen atoms in total. The third kappa shape index (κ3) is 2.72. The number of rotatable bonds is 3. The first-order chi connectivity index (χ1) is 6.61. The number of nitrogens with zero attached hydrogens (tertiary/aromatic N) is 1. The van der Waals surface area contributed by atoms with E-state index in [0.717, 1.165) is 0 Å². The maximum Gasteiger partial charge on any atom is 0.340 e. The molecule has 0 saturated heterocycles.